The van der Waals surface area contributed by atoms with E-state index >= 15 is 0 Å². The lowest BCUT2D eigenvalue weighted by Crippen LogP contribution is -2.43. The van der Waals surface area contributed by atoms with Gasteiger partial charge in [-0.05, 0) is 44.6 Å². The first kappa shape index (κ1) is 13.1. The Morgan fingerprint density at radius 3 is 2.95 bits per heavy atom. The fraction of sp³-hybridized carbons (Fsp3) is 0.857. The summed E-state index contributed by atoms with van der Waals surface area (Å²) in [5.74, 6) is 2.11. The van der Waals surface area contributed by atoms with Gasteiger partial charge in [0.1, 0.15) is 6.10 Å². The molecule has 1 aromatic heterocycles. The molecular formula is C14H23N3O2. The van der Waals surface area contributed by atoms with Crippen molar-refractivity contribution >= 4 is 0 Å². The molecule has 2 atom stereocenters. The van der Waals surface area contributed by atoms with Gasteiger partial charge in [0.25, 0.3) is 0 Å². The third-order valence-electron chi connectivity index (χ3n) is 4.60. The molecule has 19 heavy (non-hydrogen) atoms. The molecule has 1 saturated heterocycles. The summed E-state index contributed by atoms with van der Waals surface area (Å²) in [6, 6.07) is 0. The number of hydrogen-bond acceptors (Lipinski definition) is 5. The van der Waals surface area contributed by atoms with E-state index < -0.39 is 0 Å². The minimum atomic E-state index is 0.0166. The molecule has 2 aliphatic rings. The minimum Gasteiger partial charge on any atom is -0.373 e. The van der Waals surface area contributed by atoms with E-state index in [1.165, 1.54) is 19.3 Å². The molecule has 1 N–H and O–H groups in total. The molecule has 5 nitrogen and oxygen atoms in total. The third kappa shape index (κ3) is 2.41. The predicted octanol–water partition coefficient (Wildman–Crippen LogP) is 2.20. The van der Waals surface area contributed by atoms with Crippen LogP contribution in [-0.4, -0.2) is 30.3 Å². The van der Waals surface area contributed by atoms with Gasteiger partial charge in [0.2, 0.25) is 11.7 Å². The zero-order valence-corrected chi connectivity index (χ0v) is 11.8. The Hall–Kier alpha value is -0.940. The largest absolute Gasteiger partial charge is 0.373 e. The van der Waals surface area contributed by atoms with E-state index in [0.717, 1.165) is 37.6 Å². The summed E-state index contributed by atoms with van der Waals surface area (Å²) in [6.45, 7) is 4.23. The lowest BCUT2D eigenvalue weighted by molar-refractivity contribution is 0.0751. The van der Waals surface area contributed by atoms with Crippen molar-refractivity contribution in [2.45, 2.75) is 50.5 Å². The van der Waals surface area contributed by atoms with Gasteiger partial charge in [0.05, 0.1) is 5.41 Å². The van der Waals surface area contributed by atoms with Crippen LogP contribution < -0.4 is 5.32 Å². The average Bonchev–Trinajstić information content (AvgIpc) is 3.17. The van der Waals surface area contributed by atoms with E-state index in [2.05, 4.69) is 22.4 Å². The van der Waals surface area contributed by atoms with Crippen LogP contribution in [-0.2, 0) is 10.2 Å². The van der Waals surface area contributed by atoms with Crippen LogP contribution in [0, 0.1) is 5.92 Å². The second kappa shape index (κ2) is 5.21. The fourth-order valence-electron chi connectivity index (χ4n) is 3.08. The van der Waals surface area contributed by atoms with Crippen LogP contribution in [0.15, 0.2) is 4.52 Å². The number of nitrogens with one attached hydrogen (secondary N) is 1. The summed E-state index contributed by atoms with van der Waals surface area (Å²) in [4.78, 5) is 4.67. The van der Waals surface area contributed by atoms with E-state index in [1.807, 2.05) is 0 Å². The Bertz CT molecular complexity index is 422. The number of hydrogen-bond donors (Lipinski definition) is 1. The molecule has 1 saturated carbocycles. The summed E-state index contributed by atoms with van der Waals surface area (Å²) in [7, 11) is 1.73. The monoisotopic (exact) mass is 265 g/mol. The molecule has 2 heterocycles. The van der Waals surface area contributed by atoms with Gasteiger partial charge in [-0.25, -0.2) is 0 Å². The topological polar surface area (TPSA) is 60.2 Å². The van der Waals surface area contributed by atoms with Crippen molar-refractivity contribution < 1.29 is 9.26 Å². The smallest absolute Gasteiger partial charge is 0.234 e. The van der Waals surface area contributed by atoms with Crippen LogP contribution in [0.25, 0.3) is 0 Å². The number of piperidine rings is 1. The molecular weight excluding hydrogens is 242 g/mol. The summed E-state index contributed by atoms with van der Waals surface area (Å²) in [5, 5.41) is 7.63. The Kier molecular flexibility index (Phi) is 3.58. The van der Waals surface area contributed by atoms with Crippen LogP contribution in [0.3, 0.4) is 0 Å². The Morgan fingerprint density at radius 1 is 1.53 bits per heavy atom. The van der Waals surface area contributed by atoms with Crippen molar-refractivity contribution in [3.63, 3.8) is 0 Å². The number of methoxy groups -OCH3 is 1. The zero-order valence-electron chi connectivity index (χ0n) is 11.8. The maximum Gasteiger partial charge on any atom is 0.234 e. The highest BCUT2D eigenvalue weighted by Gasteiger charge is 2.40. The molecule has 1 aromatic rings. The first-order valence-electron chi connectivity index (χ1n) is 7.36. The van der Waals surface area contributed by atoms with Gasteiger partial charge >= 0.3 is 0 Å². The first-order valence-corrected chi connectivity index (χ1v) is 7.36. The molecule has 3 rings (SSSR count). The molecule has 1 aliphatic heterocycles. The van der Waals surface area contributed by atoms with Gasteiger partial charge in [-0.15, -0.1) is 0 Å². The van der Waals surface area contributed by atoms with Crippen LogP contribution in [0.1, 0.15) is 56.8 Å². The molecule has 0 spiro atoms. The van der Waals surface area contributed by atoms with E-state index in [-0.39, 0.29) is 11.5 Å². The number of aromatic nitrogens is 2. The van der Waals surface area contributed by atoms with Crippen molar-refractivity contribution in [1.29, 1.82) is 0 Å². The molecule has 0 bridgehead atoms. The molecule has 1 aliphatic carbocycles. The number of nitrogens with zero attached hydrogens (tertiary/aromatic N) is 2. The van der Waals surface area contributed by atoms with Crippen molar-refractivity contribution in [3.05, 3.63) is 11.7 Å². The van der Waals surface area contributed by atoms with Gasteiger partial charge in [-0.1, -0.05) is 12.1 Å². The molecule has 106 valence electrons. The molecule has 0 amide bonds. The number of ether oxygens (including phenoxy) is 1. The fourth-order valence-corrected chi connectivity index (χ4v) is 3.08. The summed E-state index contributed by atoms with van der Waals surface area (Å²) in [5.41, 5.74) is 0.0192. The second-order valence-electron chi connectivity index (χ2n) is 5.87. The Balaban J connectivity index is 1.82. The van der Waals surface area contributed by atoms with Gasteiger partial charge in [-0.3, -0.25) is 0 Å². The highest BCUT2D eigenvalue weighted by Crippen LogP contribution is 2.42. The van der Waals surface area contributed by atoms with Crippen molar-refractivity contribution in [2.75, 3.05) is 20.2 Å². The lowest BCUT2D eigenvalue weighted by atomic mass is 9.78. The maximum atomic E-state index is 5.58. The van der Waals surface area contributed by atoms with Crippen molar-refractivity contribution in [2.24, 2.45) is 5.92 Å². The van der Waals surface area contributed by atoms with Crippen LogP contribution in [0.5, 0.6) is 0 Å². The normalized spacial score (nSPS) is 29.4. The zero-order chi connectivity index (χ0) is 13.3. The number of rotatable bonds is 5. The lowest BCUT2D eigenvalue weighted by Gasteiger charge is -2.33. The highest BCUT2D eigenvalue weighted by molar-refractivity contribution is 5.10. The van der Waals surface area contributed by atoms with Crippen molar-refractivity contribution in [3.8, 4) is 0 Å². The predicted molar refractivity (Wildman–Crippen MR) is 70.8 cm³/mol. The van der Waals surface area contributed by atoms with Gasteiger partial charge in [-0.2, -0.15) is 4.98 Å². The molecule has 5 heteroatoms. The van der Waals surface area contributed by atoms with E-state index in [4.69, 9.17) is 9.26 Å². The summed E-state index contributed by atoms with van der Waals surface area (Å²) < 4.78 is 11.1. The van der Waals surface area contributed by atoms with Crippen molar-refractivity contribution in [1.82, 2.24) is 15.5 Å². The summed E-state index contributed by atoms with van der Waals surface area (Å²) in [6.07, 6.45) is 5.76. The average molecular weight is 265 g/mol. The van der Waals surface area contributed by atoms with Gasteiger partial charge in [0, 0.05) is 13.7 Å². The standard InChI is InChI=1S/C14H23N3O2/c1-3-14(7-4-8-15-9-14)13-16-12(17-19-13)11(18-2)10-5-6-10/h10-11,15H,3-9H2,1-2H3. The Labute approximate surface area is 114 Å². The third-order valence-corrected chi connectivity index (χ3v) is 4.60. The van der Waals surface area contributed by atoms with Gasteiger partial charge in [0.15, 0.2) is 0 Å². The molecule has 0 aromatic carbocycles. The second-order valence-corrected chi connectivity index (χ2v) is 5.87. The van der Waals surface area contributed by atoms with E-state index in [1.54, 1.807) is 7.11 Å². The highest BCUT2D eigenvalue weighted by atomic mass is 16.5. The molecule has 2 fully saturated rings. The SMILES string of the molecule is CCC1(c2nc(C(OC)C3CC3)no2)CCCNC1. The summed E-state index contributed by atoms with van der Waals surface area (Å²) >= 11 is 0. The first-order chi connectivity index (χ1) is 9.29. The molecule has 0 radical (unpaired) electrons. The minimum absolute atomic E-state index is 0.0166. The van der Waals surface area contributed by atoms with Gasteiger partial charge < -0.3 is 14.6 Å². The maximum absolute atomic E-state index is 5.58. The van der Waals surface area contributed by atoms with Crippen LogP contribution >= 0.6 is 0 Å². The molecule has 2 unspecified atom stereocenters. The van der Waals surface area contributed by atoms with E-state index in [0.29, 0.717) is 5.92 Å². The quantitative estimate of drug-likeness (QED) is 0.884. The van der Waals surface area contributed by atoms with Crippen LogP contribution in [0.4, 0.5) is 0 Å². The van der Waals surface area contributed by atoms with Crippen LogP contribution in [0.2, 0.25) is 0 Å². The van der Waals surface area contributed by atoms with E-state index in [9.17, 15) is 0 Å². The Morgan fingerprint density at radius 2 is 2.37 bits per heavy atom.